The largest absolute Gasteiger partial charge is 0.461 e. The molecule has 7 nitrogen and oxygen atoms in total. The number of nitrogens with one attached hydrogen (secondary N) is 1. The fourth-order valence-electron chi connectivity index (χ4n) is 3.07. The van der Waals surface area contributed by atoms with Gasteiger partial charge in [-0.3, -0.25) is 9.59 Å². The number of anilines is 1. The molecule has 0 aliphatic rings. The standard InChI is InChI=1S/C22H15FIN3O4S/c1-2-31-22(30)18-15-11-32-20(25-19(28)14-5-3-4-6-16(14)24)17(15)21(29)27(26-18)13-9-7-12(23)8-10-13/h3-11H,2H2,1H3,(H,25,28). The predicted molar refractivity (Wildman–Crippen MR) is 128 cm³/mol. The Labute approximate surface area is 199 Å². The zero-order valence-corrected chi connectivity index (χ0v) is 19.6. The van der Waals surface area contributed by atoms with Crippen LogP contribution in [0.5, 0.6) is 0 Å². The topological polar surface area (TPSA) is 90.3 Å². The average Bonchev–Trinajstić information content (AvgIpc) is 3.19. The summed E-state index contributed by atoms with van der Waals surface area (Å²) < 4.78 is 20.2. The summed E-state index contributed by atoms with van der Waals surface area (Å²) in [4.78, 5) is 38.7. The maximum atomic E-state index is 13.4. The fraction of sp³-hybridized carbons (Fsp3) is 0.0909. The number of amides is 1. The van der Waals surface area contributed by atoms with Crippen LogP contribution < -0.4 is 10.9 Å². The highest BCUT2D eigenvalue weighted by atomic mass is 127. The second kappa shape index (κ2) is 9.17. The van der Waals surface area contributed by atoms with Crippen LogP contribution in [-0.2, 0) is 4.74 Å². The Balaban J connectivity index is 1.89. The van der Waals surface area contributed by atoms with Gasteiger partial charge in [0.25, 0.3) is 11.5 Å². The second-order valence-electron chi connectivity index (χ2n) is 6.55. The quantitative estimate of drug-likeness (QED) is 0.283. The van der Waals surface area contributed by atoms with E-state index in [0.29, 0.717) is 5.56 Å². The Kier molecular flexibility index (Phi) is 6.33. The van der Waals surface area contributed by atoms with Crippen molar-refractivity contribution in [2.75, 3.05) is 11.9 Å². The summed E-state index contributed by atoms with van der Waals surface area (Å²) in [5, 5.41) is 9.21. The number of fused-ring (bicyclic) bond motifs is 1. The third-order valence-electron chi connectivity index (χ3n) is 4.54. The predicted octanol–water partition coefficient (Wildman–Crippen LogP) is 4.62. The second-order valence-corrected chi connectivity index (χ2v) is 8.59. The van der Waals surface area contributed by atoms with Gasteiger partial charge < -0.3 is 10.1 Å². The minimum atomic E-state index is -0.707. The van der Waals surface area contributed by atoms with Gasteiger partial charge in [0, 0.05) is 14.3 Å². The highest BCUT2D eigenvalue weighted by molar-refractivity contribution is 14.1. The number of hydrogen-bond acceptors (Lipinski definition) is 6. The van der Waals surface area contributed by atoms with Crippen molar-refractivity contribution >= 4 is 61.6 Å². The molecule has 2 heterocycles. The minimum Gasteiger partial charge on any atom is -0.461 e. The van der Waals surface area contributed by atoms with Crippen LogP contribution in [0.1, 0.15) is 27.8 Å². The van der Waals surface area contributed by atoms with E-state index >= 15 is 0 Å². The van der Waals surface area contributed by atoms with Gasteiger partial charge in [0.2, 0.25) is 0 Å². The maximum absolute atomic E-state index is 13.4. The summed E-state index contributed by atoms with van der Waals surface area (Å²) in [6.07, 6.45) is 0. The highest BCUT2D eigenvalue weighted by Gasteiger charge is 2.23. The molecule has 32 heavy (non-hydrogen) atoms. The first-order valence-electron chi connectivity index (χ1n) is 9.44. The molecule has 10 heteroatoms. The number of benzene rings is 2. The molecular formula is C22H15FIN3O4S. The molecule has 0 saturated carbocycles. The summed E-state index contributed by atoms with van der Waals surface area (Å²) in [5.41, 5.74) is 0.0916. The number of carbonyl (C=O) groups is 2. The van der Waals surface area contributed by atoms with Crippen LogP contribution in [0.2, 0.25) is 0 Å². The van der Waals surface area contributed by atoms with Crippen molar-refractivity contribution in [1.29, 1.82) is 0 Å². The summed E-state index contributed by atoms with van der Waals surface area (Å²) in [6.45, 7) is 1.78. The Morgan fingerprint density at radius 3 is 2.59 bits per heavy atom. The lowest BCUT2D eigenvalue weighted by molar-refractivity contribution is 0.0520. The van der Waals surface area contributed by atoms with Gasteiger partial charge in [0.15, 0.2) is 5.69 Å². The molecule has 0 aliphatic heterocycles. The van der Waals surface area contributed by atoms with Crippen molar-refractivity contribution in [3.05, 3.63) is 84.9 Å². The van der Waals surface area contributed by atoms with Crippen LogP contribution in [-0.4, -0.2) is 28.3 Å². The molecule has 0 fully saturated rings. The molecule has 1 N–H and O–H groups in total. The number of halogens is 2. The molecule has 2 aromatic heterocycles. The first-order valence-corrected chi connectivity index (χ1v) is 11.4. The first-order chi connectivity index (χ1) is 15.4. The number of hydrogen-bond donors (Lipinski definition) is 1. The van der Waals surface area contributed by atoms with Crippen molar-refractivity contribution in [3.63, 3.8) is 0 Å². The fourth-order valence-corrected chi connectivity index (χ4v) is 4.63. The normalized spacial score (nSPS) is 10.8. The number of esters is 1. The number of carbonyl (C=O) groups excluding carboxylic acids is 2. The lowest BCUT2D eigenvalue weighted by Gasteiger charge is -2.10. The molecule has 4 rings (SSSR count). The summed E-state index contributed by atoms with van der Waals surface area (Å²) >= 11 is 3.16. The van der Waals surface area contributed by atoms with Crippen molar-refractivity contribution in [3.8, 4) is 5.69 Å². The molecule has 0 spiro atoms. The SMILES string of the molecule is CCOC(=O)c1nn(-c2ccc(F)cc2)c(=O)c2c(NC(=O)c3ccccc3I)scc12. The van der Waals surface area contributed by atoms with Crippen molar-refractivity contribution < 1.29 is 18.7 Å². The van der Waals surface area contributed by atoms with E-state index in [1.165, 1.54) is 24.3 Å². The number of aromatic nitrogens is 2. The van der Waals surface area contributed by atoms with Gasteiger partial charge in [-0.1, -0.05) is 12.1 Å². The van der Waals surface area contributed by atoms with Crippen molar-refractivity contribution in [1.82, 2.24) is 9.78 Å². The summed E-state index contributed by atoms with van der Waals surface area (Å²) in [6, 6.07) is 12.2. The van der Waals surface area contributed by atoms with Gasteiger partial charge in [-0.25, -0.2) is 9.18 Å². The van der Waals surface area contributed by atoms with E-state index in [1.54, 1.807) is 30.5 Å². The van der Waals surface area contributed by atoms with Gasteiger partial charge in [-0.2, -0.15) is 9.78 Å². The molecule has 1 amide bonds. The Morgan fingerprint density at radius 2 is 1.91 bits per heavy atom. The van der Waals surface area contributed by atoms with Crippen LogP contribution in [0, 0.1) is 9.39 Å². The van der Waals surface area contributed by atoms with Crippen LogP contribution in [0.3, 0.4) is 0 Å². The highest BCUT2D eigenvalue weighted by Crippen LogP contribution is 2.31. The van der Waals surface area contributed by atoms with E-state index in [1.807, 2.05) is 6.07 Å². The Morgan fingerprint density at radius 1 is 1.19 bits per heavy atom. The number of ether oxygens (including phenoxy) is 1. The molecule has 0 bridgehead atoms. The molecule has 0 saturated heterocycles. The van der Waals surface area contributed by atoms with Gasteiger partial charge in [-0.05, 0) is 65.9 Å². The summed E-state index contributed by atoms with van der Waals surface area (Å²) in [5.74, 6) is -1.57. The summed E-state index contributed by atoms with van der Waals surface area (Å²) in [7, 11) is 0. The first kappa shape index (κ1) is 22.1. The van der Waals surface area contributed by atoms with Crippen molar-refractivity contribution in [2.45, 2.75) is 6.92 Å². The number of rotatable bonds is 5. The Bertz CT molecular complexity index is 1400. The third kappa shape index (κ3) is 4.15. The van der Waals surface area contributed by atoms with E-state index in [4.69, 9.17) is 4.74 Å². The molecule has 0 atom stereocenters. The average molecular weight is 563 g/mol. The monoisotopic (exact) mass is 563 g/mol. The zero-order chi connectivity index (χ0) is 22.8. The van der Waals surface area contributed by atoms with Crippen LogP contribution in [0.15, 0.2) is 58.7 Å². The van der Waals surface area contributed by atoms with E-state index in [2.05, 4.69) is 33.0 Å². The minimum absolute atomic E-state index is 0.0724. The van der Waals surface area contributed by atoms with Gasteiger partial charge >= 0.3 is 5.97 Å². The van der Waals surface area contributed by atoms with Gasteiger partial charge in [0.1, 0.15) is 10.8 Å². The van der Waals surface area contributed by atoms with Crippen LogP contribution in [0.25, 0.3) is 16.5 Å². The van der Waals surface area contributed by atoms with E-state index in [9.17, 15) is 18.8 Å². The molecule has 0 unspecified atom stereocenters. The molecule has 0 radical (unpaired) electrons. The number of nitrogens with zero attached hydrogens (tertiary/aromatic N) is 2. The number of thiophene rings is 1. The molecule has 4 aromatic rings. The van der Waals surface area contributed by atoms with E-state index < -0.39 is 17.3 Å². The van der Waals surface area contributed by atoms with E-state index in [0.717, 1.165) is 19.6 Å². The zero-order valence-electron chi connectivity index (χ0n) is 16.6. The molecule has 0 aliphatic carbocycles. The Hall–Kier alpha value is -3.12. The van der Waals surface area contributed by atoms with E-state index in [-0.39, 0.29) is 39.7 Å². The lowest BCUT2D eigenvalue weighted by Crippen LogP contribution is -2.25. The van der Waals surface area contributed by atoms with Crippen LogP contribution in [0.4, 0.5) is 9.39 Å². The lowest BCUT2D eigenvalue weighted by atomic mass is 10.2. The third-order valence-corrected chi connectivity index (χ3v) is 6.37. The van der Waals surface area contributed by atoms with Gasteiger partial charge in [-0.15, -0.1) is 11.3 Å². The maximum Gasteiger partial charge on any atom is 0.359 e. The molecular weight excluding hydrogens is 548 g/mol. The molecule has 2 aromatic carbocycles. The smallest absolute Gasteiger partial charge is 0.359 e. The molecule has 162 valence electrons. The van der Waals surface area contributed by atoms with Crippen LogP contribution >= 0.6 is 33.9 Å². The van der Waals surface area contributed by atoms with Gasteiger partial charge in [0.05, 0.1) is 23.2 Å². The van der Waals surface area contributed by atoms with Crippen molar-refractivity contribution in [2.24, 2.45) is 0 Å².